The molecule has 0 unspecified atom stereocenters. The van der Waals surface area contributed by atoms with Crippen molar-refractivity contribution in [3.63, 3.8) is 0 Å². The van der Waals surface area contributed by atoms with Crippen LogP contribution in [0.3, 0.4) is 0 Å². The van der Waals surface area contributed by atoms with Crippen LogP contribution >= 0.6 is 0 Å². The summed E-state index contributed by atoms with van der Waals surface area (Å²) in [6, 6.07) is 1.45. The van der Waals surface area contributed by atoms with Crippen molar-refractivity contribution in [3.8, 4) is 0 Å². The Morgan fingerprint density at radius 1 is 0.760 bits per heavy atom. The molecule has 5 nitrogen and oxygen atoms in total. The van der Waals surface area contributed by atoms with E-state index >= 15 is 0 Å². The van der Waals surface area contributed by atoms with Gasteiger partial charge < -0.3 is 5.73 Å². The van der Waals surface area contributed by atoms with Crippen LogP contribution < -0.4 is 17.0 Å². The molecule has 2 aliphatic rings. The summed E-state index contributed by atoms with van der Waals surface area (Å²) >= 11 is 0. The first kappa shape index (κ1) is 18.3. The van der Waals surface area contributed by atoms with Crippen LogP contribution in [0, 0.1) is 11.8 Å². The van der Waals surface area contributed by atoms with Gasteiger partial charge in [0.05, 0.1) is 0 Å². The summed E-state index contributed by atoms with van der Waals surface area (Å²) in [6.07, 6.45) is 14.6. The van der Waals surface area contributed by atoms with E-state index in [4.69, 9.17) is 5.73 Å². The van der Waals surface area contributed by atoms with Crippen molar-refractivity contribution in [1.82, 2.24) is 9.13 Å². The molecule has 1 aromatic heterocycles. The molecule has 3 rings (SSSR count). The van der Waals surface area contributed by atoms with Crippen LogP contribution in [0.25, 0.3) is 0 Å². The summed E-state index contributed by atoms with van der Waals surface area (Å²) in [5, 5.41) is 0. The second-order valence-corrected chi connectivity index (χ2v) is 8.13. The zero-order valence-corrected chi connectivity index (χ0v) is 15.4. The summed E-state index contributed by atoms with van der Waals surface area (Å²) in [5.74, 6) is 1.28. The zero-order chi connectivity index (χ0) is 17.6. The van der Waals surface area contributed by atoms with Crippen molar-refractivity contribution in [3.05, 3.63) is 26.9 Å². The molecule has 0 radical (unpaired) electrons. The molecular formula is C20H33N3O2. The normalized spacial score (nSPS) is 21.0. The lowest BCUT2D eigenvalue weighted by atomic mass is 10.00. The first-order valence-electron chi connectivity index (χ1n) is 10.3. The standard InChI is InChI=1S/C20H33N3O2/c21-18-13-19(24)23(15-17-11-7-3-4-8-12-17)20(25)22(18)14-16-9-5-1-2-6-10-16/h13,16-17H,1-12,14-15,21H2. The maximum atomic E-state index is 13.0. The average molecular weight is 348 g/mol. The molecule has 2 fully saturated rings. The lowest BCUT2D eigenvalue weighted by Crippen LogP contribution is -2.42. The summed E-state index contributed by atoms with van der Waals surface area (Å²) in [5.41, 5.74) is 5.63. The van der Waals surface area contributed by atoms with E-state index in [2.05, 4.69) is 0 Å². The minimum absolute atomic E-state index is 0.196. The summed E-state index contributed by atoms with van der Waals surface area (Å²) in [4.78, 5) is 25.4. The van der Waals surface area contributed by atoms with Gasteiger partial charge in [0, 0.05) is 19.2 Å². The topological polar surface area (TPSA) is 70.0 Å². The molecule has 5 heteroatoms. The molecule has 0 aliphatic heterocycles. The van der Waals surface area contributed by atoms with E-state index in [9.17, 15) is 9.59 Å². The summed E-state index contributed by atoms with van der Waals surface area (Å²) in [7, 11) is 0. The largest absolute Gasteiger partial charge is 0.385 e. The number of hydrogen-bond acceptors (Lipinski definition) is 3. The molecule has 0 saturated heterocycles. The Balaban J connectivity index is 1.81. The highest BCUT2D eigenvalue weighted by atomic mass is 16.2. The quantitative estimate of drug-likeness (QED) is 0.847. The molecule has 25 heavy (non-hydrogen) atoms. The van der Waals surface area contributed by atoms with Crippen LogP contribution in [0.4, 0.5) is 5.82 Å². The number of hydrogen-bond donors (Lipinski definition) is 1. The minimum atomic E-state index is -0.233. The van der Waals surface area contributed by atoms with Gasteiger partial charge in [-0.25, -0.2) is 4.79 Å². The van der Waals surface area contributed by atoms with Gasteiger partial charge in [-0.05, 0) is 37.5 Å². The van der Waals surface area contributed by atoms with E-state index in [1.165, 1.54) is 62.0 Å². The lowest BCUT2D eigenvalue weighted by molar-refractivity contribution is 0.353. The maximum Gasteiger partial charge on any atom is 0.332 e. The molecular weight excluding hydrogens is 314 g/mol. The fraction of sp³-hybridized carbons (Fsp3) is 0.800. The molecule has 1 heterocycles. The highest BCUT2D eigenvalue weighted by Gasteiger charge is 2.19. The second-order valence-electron chi connectivity index (χ2n) is 8.13. The first-order valence-corrected chi connectivity index (χ1v) is 10.3. The molecule has 0 spiro atoms. The van der Waals surface area contributed by atoms with Crippen LogP contribution in [0.2, 0.25) is 0 Å². The number of anilines is 1. The Labute approximate surface area is 150 Å². The van der Waals surface area contributed by atoms with Gasteiger partial charge in [-0.1, -0.05) is 51.4 Å². The molecule has 2 N–H and O–H groups in total. The molecule has 0 atom stereocenters. The number of nitrogens with zero attached hydrogens (tertiary/aromatic N) is 2. The molecule has 0 amide bonds. The molecule has 1 aromatic rings. The molecule has 0 aromatic carbocycles. The van der Waals surface area contributed by atoms with Gasteiger partial charge in [-0.15, -0.1) is 0 Å². The van der Waals surface area contributed by atoms with E-state index < -0.39 is 0 Å². The van der Waals surface area contributed by atoms with Gasteiger partial charge in [0.25, 0.3) is 5.56 Å². The van der Waals surface area contributed by atoms with E-state index in [0.717, 1.165) is 25.7 Å². The predicted octanol–water partition coefficient (Wildman–Crippen LogP) is 3.53. The van der Waals surface area contributed by atoms with Crippen molar-refractivity contribution in [1.29, 1.82) is 0 Å². The smallest absolute Gasteiger partial charge is 0.332 e. The van der Waals surface area contributed by atoms with Crippen molar-refractivity contribution < 1.29 is 0 Å². The van der Waals surface area contributed by atoms with Crippen LogP contribution in [-0.2, 0) is 13.1 Å². The van der Waals surface area contributed by atoms with Crippen LogP contribution in [-0.4, -0.2) is 9.13 Å². The third kappa shape index (κ3) is 4.77. The van der Waals surface area contributed by atoms with Crippen LogP contribution in [0.15, 0.2) is 15.7 Å². The Hall–Kier alpha value is -1.52. The van der Waals surface area contributed by atoms with E-state index in [1.54, 1.807) is 4.57 Å². The van der Waals surface area contributed by atoms with Crippen molar-refractivity contribution >= 4 is 5.82 Å². The summed E-state index contributed by atoms with van der Waals surface area (Å²) < 4.78 is 3.11. The second kappa shape index (κ2) is 8.72. The van der Waals surface area contributed by atoms with Gasteiger partial charge in [-0.3, -0.25) is 13.9 Å². The van der Waals surface area contributed by atoms with Crippen LogP contribution in [0.5, 0.6) is 0 Å². The average Bonchev–Trinajstić information content (AvgIpc) is 3.00. The minimum Gasteiger partial charge on any atom is -0.385 e. The fourth-order valence-corrected chi connectivity index (χ4v) is 4.59. The third-order valence-electron chi connectivity index (χ3n) is 6.14. The molecule has 2 aliphatic carbocycles. The molecule has 0 bridgehead atoms. The Bertz CT molecular complexity index is 660. The van der Waals surface area contributed by atoms with E-state index in [1.807, 2.05) is 0 Å². The number of rotatable bonds is 4. The van der Waals surface area contributed by atoms with Gasteiger partial charge in [0.2, 0.25) is 0 Å². The highest BCUT2D eigenvalue weighted by Crippen LogP contribution is 2.25. The van der Waals surface area contributed by atoms with E-state index in [0.29, 0.717) is 30.7 Å². The Morgan fingerprint density at radius 2 is 1.20 bits per heavy atom. The Morgan fingerprint density at radius 3 is 1.68 bits per heavy atom. The highest BCUT2D eigenvalue weighted by molar-refractivity contribution is 5.26. The van der Waals surface area contributed by atoms with Gasteiger partial charge >= 0.3 is 5.69 Å². The monoisotopic (exact) mass is 347 g/mol. The SMILES string of the molecule is Nc1cc(=O)n(CC2CCCCCC2)c(=O)n1CC1CCCCCC1. The summed E-state index contributed by atoms with van der Waals surface area (Å²) in [6.45, 7) is 1.22. The van der Waals surface area contributed by atoms with Crippen molar-refractivity contribution in [2.75, 3.05) is 5.73 Å². The maximum absolute atomic E-state index is 13.0. The van der Waals surface area contributed by atoms with Crippen LogP contribution in [0.1, 0.15) is 77.0 Å². The van der Waals surface area contributed by atoms with Gasteiger partial charge in [-0.2, -0.15) is 0 Å². The number of nitrogen functional groups attached to an aromatic ring is 1. The van der Waals surface area contributed by atoms with Crippen molar-refractivity contribution in [2.24, 2.45) is 11.8 Å². The number of aromatic nitrogens is 2. The number of nitrogens with two attached hydrogens (primary N) is 1. The predicted molar refractivity (Wildman–Crippen MR) is 102 cm³/mol. The fourth-order valence-electron chi connectivity index (χ4n) is 4.59. The molecule has 2 saturated carbocycles. The van der Waals surface area contributed by atoms with Gasteiger partial charge in [0.15, 0.2) is 0 Å². The lowest BCUT2D eigenvalue weighted by Gasteiger charge is -2.20. The van der Waals surface area contributed by atoms with E-state index in [-0.39, 0.29) is 11.2 Å². The molecule has 140 valence electrons. The van der Waals surface area contributed by atoms with Crippen molar-refractivity contribution in [2.45, 2.75) is 90.1 Å². The Kier molecular flexibility index (Phi) is 6.38. The zero-order valence-electron chi connectivity index (χ0n) is 15.4. The third-order valence-corrected chi connectivity index (χ3v) is 6.14. The first-order chi connectivity index (χ1) is 12.1. The van der Waals surface area contributed by atoms with Gasteiger partial charge in [0.1, 0.15) is 5.82 Å².